The molecule has 2 nitrogen and oxygen atoms in total. The second-order valence-electron chi connectivity index (χ2n) is 5.06. The molecule has 1 fully saturated rings. The number of nitrogens with zero attached hydrogens (tertiary/aromatic N) is 2. The smallest absolute Gasteiger partial charge is 0.301 e. The van der Waals surface area contributed by atoms with Crippen LogP contribution in [0.3, 0.4) is 0 Å². The average Bonchev–Trinajstić information content (AvgIpc) is 2.38. The molecule has 0 atom stereocenters. The van der Waals surface area contributed by atoms with Gasteiger partial charge in [0.2, 0.25) is 0 Å². The third-order valence-corrected chi connectivity index (χ3v) is 3.60. The molecule has 20 heavy (non-hydrogen) atoms. The topological polar surface area (TPSA) is 6.48 Å². The molecule has 2 rings (SSSR count). The van der Waals surface area contributed by atoms with E-state index in [1.54, 1.807) is 0 Å². The molecule has 0 amide bonds. The number of rotatable bonds is 3. The van der Waals surface area contributed by atoms with Gasteiger partial charge in [0.05, 0.1) is 5.56 Å². The molecule has 0 aromatic heterocycles. The fraction of sp³-hybridized carbons (Fsp3) is 0.571. The molecule has 1 heterocycles. The summed E-state index contributed by atoms with van der Waals surface area (Å²) < 4.78 is 51.2. The molecule has 1 aliphatic heterocycles. The van der Waals surface area contributed by atoms with E-state index in [1.807, 2.05) is 0 Å². The highest BCUT2D eigenvalue weighted by atomic mass is 19.4. The molecule has 0 bridgehead atoms. The summed E-state index contributed by atoms with van der Waals surface area (Å²) in [7, 11) is 0. The summed E-state index contributed by atoms with van der Waals surface area (Å²) in [6.45, 7) is 6.82. The van der Waals surface area contributed by atoms with Crippen LogP contribution < -0.4 is 0 Å². The number of piperazine rings is 1. The Morgan fingerprint density at radius 2 is 1.60 bits per heavy atom. The van der Waals surface area contributed by atoms with Crippen molar-refractivity contribution in [3.05, 3.63) is 35.1 Å². The summed E-state index contributed by atoms with van der Waals surface area (Å²) in [5.41, 5.74) is -0.540. The summed E-state index contributed by atoms with van der Waals surface area (Å²) >= 11 is 0. The number of likely N-dealkylation sites (N-methyl/N-ethyl adjacent to an activating group) is 1. The number of halogens is 4. The van der Waals surface area contributed by atoms with Gasteiger partial charge in [0.25, 0.3) is 0 Å². The molecule has 6 heteroatoms. The van der Waals surface area contributed by atoms with Crippen molar-refractivity contribution >= 4 is 0 Å². The Hall–Kier alpha value is -1.14. The quantitative estimate of drug-likeness (QED) is 0.790. The predicted octanol–water partition coefficient (Wildman–Crippen LogP) is 2.98. The first-order valence-corrected chi connectivity index (χ1v) is 6.70. The second-order valence-corrected chi connectivity index (χ2v) is 5.06. The van der Waals surface area contributed by atoms with Crippen molar-refractivity contribution in [2.75, 3.05) is 32.7 Å². The van der Waals surface area contributed by atoms with Crippen LogP contribution >= 0.6 is 0 Å². The normalized spacial score (nSPS) is 18.4. The monoisotopic (exact) mass is 290 g/mol. The van der Waals surface area contributed by atoms with Crippen LogP contribution in [0.25, 0.3) is 0 Å². The lowest BCUT2D eigenvalue weighted by Crippen LogP contribution is -2.45. The minimum absolute atomic E-state index is 0.360. The molecule has 1 aromatic rings. The molecule has 0 N–H and O–H groups in total. The third kappa shape index (κ3) is 3.93. The first-order valence-electron chi connectivity index (χ1n) is 6.70. The Kier molecular flexibility index (Phi) is 4.65. The molecule has 0 unspecified atom stereocenters. The van der Waals surface area contributed by atoms with E-state index in [4.69, 9.17) is 0 Å². The van der Waals surface area contributed by atoms with Crippen molar-refractivity contribution in [2.24, 2.45) is 0 Å². The maximum atomic E-state index is 13.3. The average molecular weight is 290 g/mol. The zero-order chi connectivity index (χ0) is 14.8. The van der Waals surface area contributed by atoms with E-state index in [1.165, 1.54) is 6.07 Å². The summed E-state index contributed by atoms with van der Waals surface area (Å²) in [6, 6.07) is 2.76. The first kappa shape index (κ1) is 15.3. The van der Waals surface area contributed by atoms with E-state index in [0.29, 0.717) is 18.2 Å². The Morgan fingerprint density at radius 3 is 2.15 bits per heavy atom. The van der Waals surface area contributed by atoms with Gasteiger partial charge in [-0.15, -0.1) is 0 Å². The lowest BCUT2D eigenvalue weighted by atomic mass is 10.1. The van der Waals surface area contributed by atoms with Gasteiger partial charge < -0.3 is 4.90 Å². The zero-order valence-electron chi connectivity index (χ0n) is 11.4. The second kappa shape index (κ2) is 6.10. The molecule has 1 aromatic carbocycles. The van der Waals surface area contributed by atoms with E-state index in [9.17, 15) is 17.6 Å². The maximum absolute atomic E-state index is 13.3. The van der Waals surface area contributed by atoms with Gasteiger partial charge in [0.15, 0.2) is 0 Å². The van der Waals surface area contributed by atoms with E-state index in [-0.39, 0.29) is 0 Å². The third-order valence-electron chi connectivity index (χ3n) is 3.60. The lowest BCUT2D eigenvalue weighted by Gasteiger charge is -2.34. The highest BCUT2D eigenvalue weighted by molar-refractivity contribution is 5.26. The van der Waals surface area contributed by atoms with Gasteiger partial charge in [-0.05, 0) is 30.3 Å². The Balaban J connectivity index is 2.05. The Bertz CT molecular complexity index is 451. The summed E-state index contributed by atoms with van der Waals surface area (Å²) in [5.74, 6) is -0.831. The van der Waals surface area contributed by atoms with Gasteiger partial charge in [-0.1, -0.05) is 6.92 Å². The van der Waals surface area contributed by atoms with Crippen molar-refractivity contribution < 1.29 is 17.6 Å². The van der Waals surface area contributed by atoms with Crippen LogP contribution in [0.1, 0.15) is 18.1 Å². The fourth-order valence-corrected chi connectivity index (χ4v) is 2.43. The first-order chi connectivity index (χ1) is 9.38. The van der Waals surface area contributed by atoms with Crippen LogP contribution in [0.15, 0.2) is 18.2 Å². The molecule has 1 saturated heterocycles. The van der Waals surface area contributed by atoms with Crippen molar-refractivity contribution in [3.8, 4) is 0 Å². The fourth-order valence-electron chi connectivity index (χ4n) is 2.43. The maximum Gasteiger partial charge on any atom is 0.416 e. The van der Waals surface area contributed by atoms with Crippen LogP contribution in [-0.2, 0) is 12.7 Å². The van der Waals surface area contributed by atoms with Crippen molar-refractivity contribution in [1.82, 2.24) is 9.80 Å². The van der Waals surface area contributed by atoms with Crippen LogP contribution in [-0.4, -0.2) is 42.5 Å². The Morgan fingerprint density at radius 1 is 1.00 bits per heavy atom. The largest absolute Gasteiger partial charge is 0.416 e. The van der Waals surface area contributed by atoms with E-state index in [2.05, 4.69) is 16.7 Å². The molecule has 0 radical (unpaired) electrons. The van der Waals surface area contributed by atoms with Crippen molar-refractivity contribution in [3.63, 3.8) is 0 Å². The minimum atomic E-state index is -4.50. The van der Waals surface area contributed by atoms with Crippen LogP contribution in [0.4, 0.5) is 17.6 Å². The minimum Gasteiger partial charge on any atom is -0.301 e. The number of hydrogen-bond donors (Lipinski definition) is 0. The van der Waals surface area contributed by atoms with Crippen molar-refractivity contribution in [1.29, 1.82) is 0 Å². The summed E-state index contributed by atoms with van der Waals surface area (Å²) in [6.07, 6.45) is -4.50. The zero-order valence-corrected chi connectivity index (χ0v) is 11.4. The SMILES string of the molecule is CCN1CCN(Cc2cc(F)cc(C(F)(F)F)c2)CC1. The number of hydrogen-bond acceptors (Lipinski definition) is 2. The van der Waals surface area contributed by atoms with Gasteiger partial charge in [0.1, 0.15) is 5.82 Å². The van der Waals surface area contributed by atoms with Crippen molar-refractivity contribution in [2.45, 2.75) is 19.6 Å². The van der Waals surface area contributed by atoms with Crippen LogP contribution in [0.2, 0.25) is 0 Å². The van der Waals surface area contributed by atoms with Gasteiger partial charge in [0, 0.05) is 32.7 Å². The van der Waals surface area contributed by atoms with Crippen LogP contribution in [0.5, 0.6) is 0 Å². The number of alkyl halides is 3. The van der Waals surface area contributed by atoms with E-state index < -0.39 is 17.6 Å². The molecule has 0 spiro atoms. The Labute approximate surface area is 116 Å². The molecule has 1 aliphatic rings. The molecule has 112 valence electrons. The van der Waals surface area contributed by atoms with Crippen LogP contribution in [0, 0.1) is 5.82 Å². The van der Waals surface area contributed by atoms with Gasteiger partial charge in [-0.25, -0.2) is 4.39 Å². The summed E-state index contributed by atoms with van der Waals surface area (Å²) in [4.78, 5) is 4.34. The predicted molar refractivity (Wildman–Crippen MR) is 68.8 cm³/mol. The van der Waals surface area contributed by atoms with E-state index >= 15 is 0 Å². The number of benzene rings is 1. The lowest BCUT2D eigenvalue weighted by molar-refractivity contribution is -0.137. The van der Waals surface area contributed by atoms with E-state index in [0.717, 1.165) is 38.8 Å². The molecule has 0 saturated carbocycles. The standard InChI is InChI=1S/C14H18F4N2/c1-2-19-3-5-20(6-4-19)10-11-7-12(14(16,17)18)9-13(15)8-11/h7-9H,2-6,10H2,1H3. The highest BCUT2D eigenvalue weighted by Crippen LogP contribution is 2.30. The van der Waals surface area contributed by atoms with Gasteiger partial charge in [-0.2, -0.15) is 13.2 Å². The van der Waals surface area contributed by atoms with Gasteiger partial charge >= 0.3 is 6.18 Å². The molecular formula is C14H18F4N2. The summed E-state index contributed by atoms with van der Waals surface area (Å²) in [5, 5.41) is 0. The molecular weight excluding hydrogens is 272 g/mol. The highest BCUT2D eigenvalue weighted by Gasteiger charge is 2.31. The molecule has 0 aliphatic carbocycles. The van der Waals surface area contributed by atoms with Gasteiger partial charge in [-0.3, -0.25) is 4.90 Å².